The number of furan rings is 1. The molecule has 1 aromatic heterocycles. The molecule has 0 radical (unpaired) electrons. The summed E-state index contributed by atoms with van der Waals surface area (Å²) in [6, 6.07) is 1.56. The fraction of sp³-hybridized carbons (Fsp3) is 0.643. The molecule has 1 aromatic rings. The van der Waals surface area contributed by atoms with Gasteiger partial charge in [-0.3, -0.25) is 0 Å². The maximum absolute atomic E-state index is 10.8. The zero-order valence-electron chi connectivity index (χ0n) is 11.2. The van der Waals surface area contributed by atoms with Gasteiger partial charge in [0.25, 0.3) is 0 Å². The molecular weight excluding hydrogens is 246 g/mol. The first-order chi connectivity index (χ1) is 9.08. The van der Waals surface area contributed by atoms with E-state index >= 15 is 0 Å². The van der Waals surface area contributed by atoms with Crippen LogP contribution in [0.3, 0.4) is 0 Å². The number of aliphatic hydroxyl groups excluding tert-OH is 1. The Labute approximate surface area is 112 Å². The largest absolute Gasteiger partial charge is 0.475 e. The van der Waals surface area contributed by atoms with Gasteiger partial charge in [0.1, 0.15) is 5.76 Å². The summed E-state index contributed by atoms with van der Waals surface area (Å²) in [6.07, 6.45) is 4.03. The molecular formula is C14H21NO4. The molecule has 0 spiro atoms. The number of aryl methyl sites for hydroxylation is 1. The van der Waals surface area contributed by atoms with Crippen molar-refractivity contribution in [3.05, 3.63) is 23.2 Å². The molecule has 1 heterocycles. The third-order valence-corrected chi connectivity index (χ3v) is 3.82. The number of aromatic carboxylic acids is 1. The number of carbonyl (C=O) groups is 1. The minimum atomic E-state index is -1.04. The Morgan fingerprint density at radius 3 is 2.84 bits per heavy atom. The molecule has 0 bridgehead atoms. The van der Waals surface area contributed by atoms with Gasteiger partial charge >= 0.3 is 5.97 Å². The molecule has 2 rings (SSSR count). The summed E-state index contributed by atoms with van der Waals surface area (Å²) in [4.78, 5) is 10.8. The highest BCUT2D eigenvalue weighted by atomic mass is 16.4. The lowest BCUT2D eigenvalue weighted by atomic mass is 9.86. The maximum Gasteiger partial charge on any atom is 0.371 e. The summed E-state index contributed by atoms with van der Waals surface area (Å²) in [7, 11) is 0. The highest BCUT2D eigenvalue weighted by Crippen LogP contribution is 2.23. The maximum atomic E-state index is 10.8. The van der Waals surface area contributed by atoms with E-state index in [1.807, 2.05) is 0 Å². The van der Waals surface area contributed by atoms with Gasteiger partial charge < -0.3 is 19.9 Å². The molecule has 3 N–H and O–H groups in total. The molecule has 0 aromatic carbocycles. The zero-order chi connectivity index (χ0) is 13.8. The molecule has 1 saturated carbocycles. The van der Waals surface area contributed by atoms with E-state index in [1.54, 1.807) is 13.0 Å². The molecule has 0 aliphatic heterocycles. The molecule has 5 nitrogen and oxygen atoms in total. The molecule has 2 unspecified atom stereocenters. The molecule has 19 heavy (non-hydrogen) atoms. The zero-order valence-corrected chi connectivity index (χ0v) is 11.2. The highest BCUT2D eigenvalue weighted by molar-refractivity contribution is 5.84. The summed E-state index contributed by atoms with van der Waals surface area (Å²) in [5.41, 5.74) is 0.864. The van der Waals surface area contributed by atoms with Gasteiger partial charge in [0.05, 0.1) is 6.10 Å². The van der Waals surface area contributed by atoms with Gasteiger partial charge in [-0.15, -0.1) is 0 Å². The van der Waals surface area contributed by atoms with E-state index in [2.05, 4.69) is 5.32 Å². The smallest absolute Gasteiger partial charge is 0.371 e. The van der Waals surface area contributed by atoms with Crippen molar-refractivity contribution in [2.75, 3.05) is 6.54 Å². The van der Waals surface area contributed by atoms with Crippen molar-refractivity contribution in [1.82, 2.24) is 5.32 Å². The molecule has 106 valence electrons. The normalized spacial score (nSPS) is 23.5. The molecule has 0 amide bonds. The summed E-state index contributed by atoms with van der Waals surface area (Å²) in [6.45, 7) is 3.10. The van der Waals surface area contributed by atoms with Crippen molar-refractivity contribution in [3.63, 3.8) is 0 Å². The quantitative estimate of drug-likeness (QED) is 0.759. The number of carboxylic acids is 1. The third kappa shape index (κ3) is 3.58. The first-order valence-corrected chi connectivity index (χ1v) is 6.79. The summed E-state index contributed by atoms with van der Waals surface area (Å²) in [5.74, 6) is -0.127. The average Bonchev–Trinajstić information content (AvgIpc) is 2.74. The fourth-order valence-corrected chi connectivity index (χ4v) is 2.62. The van der Waals surface area contributed by atoms with Crippen molar-refractivity contribution in [1.29, 1.82) is 0 Å². The van der Waals surface area contributed by atoms with Crippen LogP contribution in [-0.4, -0.2) is 28.8 Å². The first kappa shape index (κ1) is 14.1. The number of hydrogen-bond acceptors (Lipinski definition) is 4. The van der Waals surface area contributed by atoms with E-state index in [0.29, 0.717) is 18.2 Å². The average molecular weight is 267 g/mol. The van der Waals surface area contributed by atoms with Crippen molar-refractivity contribution in [3.8, 4) is 0 Å². The molecule has 1 aliphatic rings. The predicted molar refractivity (Wildman–Crippen MR) is 70.1 cm³/mol. The van der Waals surface area contributed by atoms with Crippen LogP contribution in [-0.2, 0) is 6.54 Å². The Balaban J connectivity index is 1.83. The lowest BCUT2D eigenvalue weighted by Gasteiger charge is -2.27. The Kier molecular flexibility index (Phi) is 4.61. The van der Waals surface area contributed by atoms with Crippen molar-refractivity contribution in [2.45, 2.75) is 45.3 Å². The lowest BCUT2D eigenvalue weighted by Crippen LogP contribution is -2.33. The van der Waals surface area contributed by atoms with Gasteiger partial charge in [0.2, 0.25) is 5.76 Å². The van der Waals surface area contributed by atoms with Gasteiger partial charge in [-0.05, 0) is 31.7 Å². The second-order valence-corrected chi connectivity index (χ2v) is 5.24. The van der Waals surface area contributed by atoms with Crippen LogP contribution < -0.4 is 5.32 Å². The summed E-state index contributed by atoms with van der Waals surface area (Å²) < 4.78 is 5.15. The first-order valence-electron chi connectivity index (χ1n) is 6.79. The van der Waals surface area contributed by atoms with Crippen LogP contribution in [0.4, 0.5) is 0 Å². The topological polar surface area (TPSA) is 82.7 Å². The monoisotopic (exact) mass is 267 g/mol. The van der Waals surface area contributed by atoms with Crippen LogP contribution >= 0.6 is 0 Å². The Hall–Kier alpha value is -1.33. The van der Waals surface area contributed by atoms with E-state index in [1.165, 1.54) is 6.42 Å². The van der Waals surface area contributed by atoms with Crippen LogP contribution in [0.5, 0.6) is 0 Å². The summed E-state index contributed by atoms with van der Waals surface area (Å²) >= 11 is 0. The number of aliphatic hydroxyl groups is 1. The molecule has 0 saturated heterocycles. The van der Waals surface area contributed by atoms with Crippen molar-refractivity contribution >= 4 is 5.97 Å². The number of rotatable bonds is 5. The minimum absolute atomic E-state index is 0.0213. The number of hydrogen-bond donors (Lipinski definition) is 3. The molecule has 1 fully saturated rings. The van der Waals surface area contributed by atoms with Crippen LogP contribution in [0.1, 0.15) is 47.6 Å². The molecule has 5 heteroatoms. The Bertz CT molecular complexity index is 441. The Morgan fingerprint density at radius 2 is 2.21 bits per heavy atom. The second-order valence-electron chi connectivity index (χ2n) is 5.24. The van der Waals surface area contributed by atoms with Gasteiger partial charge in [-0.25, -0.2) is 4.79 Å². The molecule has 1 aliphatic carbocycles. The SMILES string of the molecule is Cc1oc(C(=O)O)cc1CNCC1CCCCC1O. The number of nitrogens with one attached hydrogen (secondary N) is 1. The van der Waals surface area contributed by atoms with E-state index < -0.39 is 5.97 Å². The highest BCUT2D eigenvalue weighted by Gasteiger charge is 2.22. The van der Waals surface area contributed by atoms with Gasteiger partial charge in [-0.1, -0.05) is 12.8 Å². The number of carboxylic acid groups (broad SMARTS) is 1. The van der Waals surface area contributed by atoms with Crippen LogP contribution in [0.2, 0.25) is 0 Å². The van der Waals surface area contributed by atoms with Crippen LogP contribution in [0.25, 0.3) is 0 Å². The van der Waals surface area contributed by atoms with Crippen LogP contribution in [0, 0.1) is 12.8 Å². The van der Waals surface area contributed by atoms with Crippen molar-refractivity contribution in [2.24, 2.45) is 5.92 Å². The van der Waals surface area contributed by atoms with Crippen LogP contribution in [0.15, 0.2) is 10.5 Å². The Morgan fingerprint density at radius 1 is 1.47 bits per heavy atom. The third-order valence-electron chi connectivity index (χ3n) is 3.82. The van der Waals surface area contributed by atoms with Gasteiger partial charge in [0.15, 0.2) is 0 Å². The predicted octanol–water partition coefficient (Wildman–Crippen LogP) is 1.93. The molecule has 2 atom stereocenters. The summed E-state index contributed by atoms with van der Waals surface area (Å²) in [5, 5.41) is 22.0. The fourth-order valence-electron chi connectivity index (χ4n) is 2.62. The van der Waals surface area contributed by atoms with E-state index in [-0.39, 0.29) is 11.9 Å². The van der Waals surface area contributed by atoms with Gasteiger partial charge in [-0.2, -0.15) is 0 Å². The minimum Gasteiger partial charge on any atom is -0.475 e. The second kappa shape index (κ2) is 6.21. The standard InChI is InChI=1S/C14H21NO4/c1-9-11(6-13(19-9)14(17)18)8-15-7-10-4-2-3-5-12(10)16/h6,10,12,15-16H,2-5,7-8H2,1H3,(H,17,18). The van der Waals surface area contributed by atoms with Gasteiger partial charge in [0, 0.05) is 18.7 Å². The van der Waals surface area contributed by atoms with E-state index in [9.17, 15) is 9.90 Å². The van der Waals surface area contributed by atoms with E-state index in [0.717, 1.165) is 31.4 Å². The van der Waals surface area contributed by atoms with E-state index in [4.69, 9.17) is 9.52 Å². The van der Waals surface area contributed by atoms with Crippen molar-refractivity contribution < 1.29 is 19.4 Å². The lowest BCUT2D eigenvalue weighted by molar-refractivity contribution is 0.0660.